The first-order valence-electron chi connectivity index (χ1n) is 10.8. The third-order valence-corrected chi connectivity index (χ3v) is 6.15. The number of aromatic nitrogens is 1. The van der Waals surface area contributed by atoms with Gasteiger partial charge in [-0.2, -0.15) is 0 Å². The first-order chi connectivity index (χ1) is 14.2. The Hall–Kier alpha value is -2.60. The van der Waals surface area contributed by atoms with E-state index in [0.717, 1.165) is 43.5 Å². The van der Waals surface area contributed by atoms with Crippen molar-refractivity contribution in [2.24, 2.45) is 0 Å². The highest BCUT2D eigenvalue weighted by atomic mass is 16.2. The second kappa shape index (κ2) is 9.27. The molecule has 1 aromatic heterocycles. The molecule has 0 radical (unpaired) electrons. The minimum atomic E-state index is -0.239. The van der Waals surface area contributed by atoms with E-state index in [-0.39, 0.29) is 12.1 Å². The largest absolute Gasteiger partial charge is 0.369 e. The van der Waals surface area contributed by atoms with Crippen molar-refractivity contribution >= 4 is 17.5 Å². The Labute approximate surface area is 173 Å². The molecule has 2 heterocycles. The van der Waals surface area contributed by atoms with E-state index in [0.29, 0.717) is 5.82 Å². The van der Waals surface area contributed by atoms with Gasteiger partial charge in [0.15, 0.2) is 0 Å². The van der Waals surface area contributed by atoms with Crippen molar-refractivity contribution in [3.8, 4) is 0 Å². The highest BCUT2D eigenvalue weighted by Crippen LogP contribution is 2.26. The van der Waals surface area contributed by atoms with Crippen LogP contribution < -0.4 is 15.5 Å². The summed E-state index contributed by atoms with van der Waals surface area (Å²) in [5.41, 5.74) is 2.20. The monoisotopic (exact) mass is 393 g/mol. The minimum Gasteiger partial charge on any atom is -0.369 e. The molecule has 6 heteroatoms. The quantitative estimate of drug-likeness (QED) is 0.805. The van der Waals surface area contributed by atoms with Crippen molar-refractivity contribution in [2.45, 2.75) is 44.7 Å². The summed E-state index contributed by atoms with van der Waals surface area (Å²) in [4.78, 5) is 21.8. The number of nitrogens with one attached hydrogen (secondary N) is 2. The van der Waals surface area contributed by atoms with Gasteiger partial charge in [0.1, 0.15) is 5.82 Å². The summed E-state index contributed by atoms with van der Waals surface area (Å²) in [6.45, 7) is 6.26. The maximum Gasteiger partial charge on any atom is 0.320 e. The van der Waals surface area contributed by atoms with Crippen LogP contribution in [0.2, 0.25) is 0 Å². The number of hydrogen-bond donors (Lipinski definition) is 2. The normalized spacial score (nSPS) is 19.1. The number of benzene rings is 1. The fourth-order valence-electron chi connectivity index (χ4n) is 4.47. The van der Waals surface area contributed by atoms with Crippen molar-refractivity contribution in [1.82, 2.24) is 15.2 Å². The summed E-state index contributed by atoms with van der Waals surface area (Å²) >= 11 is 0. The molecule has 1 atom stereocenters. The predicted octanol–water partition coefficient (Wildman–Crippen LogP) is 4.03. The third-order valence-electron chi connectivity index (χ3n) is 6.15. The maximum atomic E-state index is 12.4. The number of piperazine rings is 1. The van der Waals surface area contributed by atoms with Crippen molar-refractivity contribution in [3.63, 3.8) is 0 Å². The van der Waals surface area contributed by atoms with Crippen LogP contribution in [0.25, 0.3) is 0 Å². The standard InChI is InChI=1S/C23H31N5O/c1-18(19-7-3-2-4-8-19)25-23(29)26-22-17-21(11-12-24-22)28-15-13-27(14-16-28)20-9-5-6-10-20/h2-4,7-8,11-12,17-18,20H,5-6,9-10,13-16H2,1H3,(H2,24,25,26,29). The van der Waals surface area contributed by atoms with Crippen LogP contribution in [0.15, 0.2) is 48.7 Å². The Balaban J connectivity index is 1.31. The lowest BCUT2D eigenvalue weighted by molar-refractivity contribution is 0.187. The zero-order valence-corrected chi connectivity index (χ0v) is 17.2. The molecule has 1 aliphatic heterocycles. The summed E-state index contributed by atoms with van der Waals surface area (Å²) < 4.78 is 0. The Morgan fingerprint density at radius 2 is 1.79 bits per heavy atom. The number of hydrogen-bond acceptors (Lipinski definition) is 4. The van der Waals surface area contributed by atoms with Gasteiger partial charge in [-0.1, -0.05) is 43.2 Å². The molecule has 1 saturated carbocycles. The fourth-order valence-corrected chi connectivity index (χ4v) is 4.47. The molecule has 2 N–H and O–H groups in total. The van der Waals surface area contributed by atoms with Crippen molar-refractivity contribution in [3.05, 3.63) is 54.2 Å². The lowest BCUT2D eigenvalue weighted by atomic mass is 10.1. The molecule has 1 aromatic carbocycles. The zero-order valence-electron chi connectivity index (χ0n) is 17.2. The summed E-state index contributed by atoms with van der Waals surface area (Å²) in [6.07, 6.45) is 7.26. The fraction of sp³-hybridized carbons (Fsp3) is 0.478. The molecule has 2 fully saturated rings. The van der Waals surface area contributed by atoms with E-state index >= 15 is 0 Å². The molecule has 1 unspecified atom stereocenters. The second-order valence-electron chi connectivity index (χ2n) is 8.09. The predicted molar refractivity (Wildman–Crippen MR) is 117 cm³/mol. The molecular weight excluding hydrogens is 362 g/mol. The molecule has 29 heavy (non-hydrogen) atoms. The van der Waals surface area contributed by atoms with Gasteiger partial charge in [0, 0.05) is 50.2 Å². The Kier molecular flexibility index (Phi) is 6.30. The average Bonchev–Trinajstić information content (AvgIpc) is 3.29. The van der Waals surface area contributed by atoms with Crippen LogP contribution >= 0.6 is 0 Å². The number of carbonyl (C=O) groups is 1. The SMILES string of the molecule is CC(NC(=O)Nc1cc(N2CCN(C3CCCC3)CC2)ccn1)c1ccccc1. The molecule has 0 bridgehead atoms. The second-order valence-corrected chi connectivity index (χ2v) is 8.09. The van der Waals surface area contributed by atoms with Crippen LogP contribution in [0.5, 0.6) is 0 Å². The van der Waals surface area contributed by atoms with Gasteiger partial charge in [-0.05, 0) is 31.4 Å². The zero-order chi connectivity index (χ0) is 20.1. The summed E-state index contributed by atoms with van der Waals surface area (Å²) in [6, 6.07) is 14.4. The van der Waals surface area contributed by atoms with E-state index in [4.69, 9.17) is 0 Å². The van der Waals surface area contributed by atoms with Gasteiger partial charge >= 0.3 is 6.03 Å². The van der Waals surface area contributed by atoms with Crippen LogP contribution in [0, 0.1) is 0 Å². The molecule has 2 aromatic rings. The van der Waals surface area contributed by atoms with Gasteiger partial charge in [0.2, 0.25) is 0 Å². The highest BCUT2D eigenvalue weighted by Gasteiger charge is 2.26. The van der Waals surface area contributed by atoms with E-state index < -0.39 is 0 Å². The van der Waals surface area contributed by atoms with E-state index in [1.807, 2.05) is 49.4 Å². The molecule has 2 amide bonds. The van der Waals surface area contributed by atoms with E-state index in [2.05, 4.69) is 25.4 Å². The number of amides is 2. The first kappa shape index (κ1) is 19.7. The van der Waals surface area contributed by atoms with Crippen molar-refractivity contribution in [2.75, 3.05) is 36.4 Å². The van der Waals surface area contributed by atoms with Crippen LogP contribution in [0.3, 0.4) is 0 Å². The average molecular weight is 394 g/mol. The van der Waals surface area contributed by atoms with Gasteiger partial charge < -0.3 is 10.2 Å². The molecule has 0 spiro atoms. The molecule has 6 nitrogen and oxygen atoms in total. The van der Waals surface area contributed by atoms with Crippen LogP contribution in [-0.4, -0.2) is 48.1 Å². The van der Waals surface area contributed by atoms with E-state index in [1.54, 1.807) is 6.20 Å². The highest BCUT2D eigenvalue weighted by molar-refractivity contribution is 5.89. The van der Waals surface area contributed by atoms with Crippen LogP contribution in [-0.2, 0) is 0 Å². The summed E-state index contributed by atoms with van der Waals surface area (Å²) in [7, 11) is 0. The molecule has 4 rings (SSSR count). The summed E-state index contributed by atoms with van der Waals surface area (Å²) in [5.74, 6) is 0.582. The maximum absolute atomic E-state index is 12.4. The number of rotatable bonds is 5. The van der Waals surface area contributed by atoms with Crippen molar-refractivity contribution in [1.29, 1.82) is 0 Å². The third kappa shape index (κ3) is 5.07. The summed E-state index contributed by atoms with van der Waals surface area (Å²) in [5, 5.41) is 5.85. The lowest BCUT2D eigenvalue weighted by Gasteiger charge is -2.39. The Morgan fingerprint density at radius 1 is 1.07 bits per heavy atom. The van der Waals surface area contributed by atoms with Gasteiger partial charge in [-0.15, -0.1) is 0 Å². The number of anilines is 2. The lowest BCUT2D eigenvalue weighted by Crippen LogP contribution is -2.49. The molecule has 1 aliphatic carbocycles. The molecule has 154 valence electrons. The number of pyridine rings is 1. The van der Waals surface area contributed by atoms with E-state index in [1.165, 1.54) is 25.7 Å². The molecule has 1 saturated heterocycles. The number of nitrogens with zero attached hydrogens (tertiary/aromatic N) is 3. The Bertz CT molecular complexity index is 798. The van der Waals surface area contributed by atoms with Gasteiger partial charge in [-0.3, -0.25) is 10.2 Å². The number of carbonyl (C=O) groups excluding carboxylic acids is 1. The van der Waals surface area contributed by atoms with Gasteiger partial charge in [0.25, 0.3) is 0 Å². The molecule has 2 aliphatic rings. The molecular formula is C23H31N5O. The number of urea groups is 1. The Morgan fingerprint density at radius 3 is 2.52 bits per heavy atom. The van der Waals surface area contributed by atoms with Crippen LogP contribution in [0.4, 0.5) is 16.3 Å². The minimum absolute atomic E-state index is 0.0666. The smallest absolute Gasteiger partial charge is 0.320 e. The van der Waals surface area contributed by atoms with Crippen molar-refractivity contribution < 1.29 is 4.79 Å². The topological polar surface area (TPSA) is 60.5 Å². The van der Waals surface area contributed by atoms with E-state index in [9.17, 15) is 4.79 Å². The first-order valence-corrected chi connectivity index (χ1v) is 10.8. The van der Waals surface area contributed by atoms with Crippen LogP contribution in [0.1, 0.15) is 44.2 Å². The van der Waals surface area contributed by atoms with Gasteiger partial charge in [0.05, 0.1) is 6.04 Å². The van der Waals surface area contributed by atoms with Gasteiger partial charge in [-0.25, -0.2) is 9.78 Å².